The molecule has 2 aromatic carbocycles. The van der Waals surface area contributed by atoms with Gasteiger partial charge in [0.2, 0.25) is 5.78 Å². The van der Waals surface area contributed by atoms with Crippen molar-refractivity contribution in [2.45, 2.75) is 11.8 Å². The number of carbonyl (C=O) groups excluding carboxylic acids is 1. The maximum absolute atomic E-state index is 13.2. The van der Waals surface area contributed by atoms with E-state index in [1.165, 1.54) is 30.6 Å². The summed E-state index contributed by atoms with van der Waals surface area (Å²) in [5, 5.41) is 4.96. The number of nitrogens with zero attached hydrogens (tertiary/aromatic N) is 4. The second kappa shape index (κ2) is 5.95. The summed E-state index contributed by atoms with van der Waals surface area (Å²) in [6.45, 7) is 1.86. The van der Waals surface area contributed by atoms with E-state index in [0.717, 1.165) is 5.56 Å². The van der Waals surface area contributed by atoms with Gasteiger partial charge in [0.25, 0.3) is 0 Å². The highest BCUT2D eigenvalue weighted by atomic mass is 32.2. The fraction of sp³-hybridized carbons (Fsp3) is 0.100. The van der Waals surface area contributed by atoms with E-state index >= 15 is 0 Å². The molecule has 0 saturated carbocycles. The lowest BCUT2D eigenvalue weighted by Gasteiger charge is -2.16. The van der Waals surface area contributed by atoms with Crippen molar-refractivity contribution in [1.29, 1.82) is 0 Å². The number of carbonyl (C=O) groups is 1. The molecular formula is C20H14N4O4S. The minimum absolute atomic E-state index is 0.00487. The quantitative estimate of drug-likeness (QED) is 0.424. The van der Waals surface area contributed by atoms with Gasteiger partial charge in [0.15, 0.2) is 5.75 Å². The Morgan fingerprint density at radius 1 is 0.931 bits per heavy atom. The van der Waals surface area contributed by atoms with Crippen LogP contribution in [0.25, 0.3) is 22.3 Å². The Hall–Kier alpha value is -3.59. The van der Waals surface area contributed by atoms with Crippen molar-refractivity contribution in [2.75, 3.05) is 0 Å². The molecule has 144 valence electrons. The zero-order chi connectivity index (χ0) is 20.3. The van der Waals surface area contributed by atoms with Crippen LogP contribution < -0.4 is 4.18 Å². The van der Waals surface area contributed by atoms with Crippen LogP contribution >= 0.6 is 0 Å². The maximum atomic E-state index is 13.2. The van der Waals surface area contributed by atoms with Gasteiger partial charge in [0, 0.05) is 24.8 Å². The summed E-state index contributed by atoms with van der Waals surface area (Å²) >= 11 is 0. The van der Waals surface area contributed by atoms with Crippen molar-refractivity contribution in [3.8, 4) is 17.1 Å². The monoisotopic (exact) mass is 406 g/mol. The lowest BCUT2D eigenvalue weighted by molar-refractivity contribution is 0.103. The van der Waals surface area contributed by atoms with Gasteiger partial charge in [-0.1, -0.05) is 17.7 Å². The van der Waals surface area contributed by atoms with Crippen LogP contribution in [0, 0.1) is 6.92 Å². The first-order valence-electron chi connectivity index (χ1n) is 8.74. The molecule has 2 heterocycles. The largest absolute Gasteiger partial charge is 0.378 e. The molecule has 2 aromatic heterocycles. The molecule has 29 heavy (non-hydrogen) atoms. The Bertz CT molecular complexity index is 1420. The smallest absolute Gasteiger partial charge is 0.339 e. The molecule has 0 amide bonds. The van der Waals surface area contributed by atoms with E-state index in [4.69, 9.17) is 4.18 Å². The van der Waals surface area contributed by atoms with Crippen LogP contribution in [0.2, 0.25) is 0 Å². The highest BCUT2D eigenvalue weighted by Crippen LogP contribution is 2.41. The average molecular weight is 406 g/mol. The number of ketones is 1. The summed E-state index contributed by atoms with van der Waals surface area (Å²) in [5.41, 5.74) is 2.66. The molecule has 0 N–H and O–H groups in total. The van der Waals surface area contributed by atoms with Crippen LogP contribution in [-0.2, 0) is 17.2 Å². The van der Waals surface area contributed by atoms with Crippen molar-refractivity contribution < 1.29 is 17.4 Å². The first-order valence-corrected chi connectivity index (χ1v) is 10.1. The Morgan fingerprint density at radius 2 is 1.62 bits per heavy atom. The molecule has 0 atom stereocenters. The summed E-state index contributed by atoms with van der Waals surface area (Å²) < 4.78 is 32.6. The van der Waals surface area contributed by atoms with Crippen LogP contribution in [-0.4, -0.2) is 33.9 Å². The normalized spacial score (nSPS) is 12.8. The van der Waals surface area contributed by atoms with Crippen molar-refractivity contribution in [1.82, 2.24) is 19.7 Å². The Labute approximate surface area is 165 Å². The summed E-state index contributed by atoms with van der Waals surface area (Å²) in [5.74, 6) is -0.512. The molecule has 0 saturated heterocycles. The lowest BCUT2D eigenvalue weighted by atomic mass is 9.93. The predicted octanol–water partition coefficient (Wildman–Crippen LogP) is 2.65. The minimum Gasteiger partial charge on any atom is -0.378 e. The number of hydrogen-bond donors (Lipinski definition) is 0. The molecule has 0 spiro atoms. The van der Waals surface area contributed by atoms with Crippen molar-refractivity contribution >= 4 is 26.8 Å². The number of fused-ring (bicyclic) bond motifs is 2. The summed E-state index contributed by atoms with van der Waals surface area (Å²) in [4.78, 5) is 21.6. The number of hydrogen-bond acceptors (Lipinski definition) is 7. The molecule has 1 aliphatic carbocycles. The summed E-state index contributed by atoms with van der Waals surface area (Å²) in [7, 11) is -2.39. The number of aryl methyl sites for hydroxylation is 2. The highest BCUT2D eigenvalue weighted by Gasteiger charge is 2.34. The molecule has 0 radical (unpaired) electrons. The Balaban J connectivity index is 1.73. The minimum atomic E-state index is -4.13. The standard InChI is InChI=1S/C20H14N4O4S/c1-11-3-5-12(6-4-11)29(26,27)28-14-8-7-13-15-16(14)20(25)19-18(21-9-10-22-19)17(15)23-24(13)2/h3-10H,1-2H3. The van der Waals surface area contributed by atoms with Crippen LogP contribution in [0.4, 0.5) is 0 Å². The van der Waals surface area contributed by atoms with E-state index in [9.17, 15) is 13.2 Å². The summed E-state index contributed by atoms with van der Waals surface area (Å²) in [6, 6.07) is 9.43. The SMILES string of the molecule is Cc1ccc(S(=O)(=O)Oc2ccc3c4c(nn3C)-c3nccnc3C(=O)c24)cc1. The molecular weight excluding hydrogens is 392 g/mol. The zero-order valence-corrected chi connectivity index (χ0v) is 16.3. The van der Waals surface area contributed by atoms with E-state index in [1.54, 1.807) is 29.9 Å². The third kappa shape index (κ3) is 2.54. The van der Waals surface area contributed by atoms with E-state index in [-0.39, 0.29) is 21.9 Å². The van der Waals surface area contributed by atoms with Crippen LogP contribution in [0.3, 0.4) is 0 Å². The Kier molecular flexibility index (Phi) is 3.59. The van der Waals surface area contributed by atoms with Crippen molar-refractivity contribution in [3.05, 3.63) is 65.6 Å². The zero-order valence-electron chi connectivity index (χ0n) is 15.4. The van der Waals surface area contributed by atoms with Gasteiger partial charge in [-0.2, -0.15) is 13.5 Å². The fourth-order valence-electron chi connectivity index (χ4n) is 3.46. The van der Waals surface area contributed by atoms with Crippen molar-refractivity contribution in [3.63, 3.8) is 0 Å². The first-order chi connectivity index (χ1) is 13.9. The van der Waals surface area contributed by atoms with Crippen LogP contribution in [0.1, 0.15) is 21.6 Å². The molecule has 0 bridgehead atoms. The lowest BCUT2D eigenvalue weighted by Crippen LogP contribution is -2.17. The van der Waals surface area contributed by atoms with Gasteiger partial charge >= 0.3 is 10.1 Å². The van der Waals surface area contributed by atoms with Crippen molar-refractivity contribution in [2.24, 2.45) is 7.05 Å². The third-order valence-corrected chi connectivity index (χ3v) is 6.10. The maximum Gasteiger partial charge on any atom is 0.339 e. The van der Waals surface area contributed by atoms with Gasteiger partial charge < -0.3 is 4.18 Å². The molecule has 9 heteroatoms. The molecule has 5 rings (SSSR count). The van der Waals surface area contributed by atoms with E-state index in [1.807, 2.05) is 6.92 Å². The predicted molar refractivity (Wildman–Crippen MR) is 104 cm³/mol. The first kappa shape index (κ1) is 17.5. The van der Waals surface area contributed by atoms with E-state index in [0.29, 0.717) is 22.3 Å². The van der Waals surface area contributed by atoms with E-state index in [2.05, 4.69) is 15.1 Å². The molecule has 0 unspecified atom stereocenters. The van der Waals surface area contributed by atoms with Gasteiger partial charge in [-0.3, -0.25) is 14.5 Å². The topological polar surface area (TPSA) is 104 Å². The number of benzene rings is 2. The highest BCUT2D eigenvalue weighted by molar-refractivity contribution is 7.87. The molecule has 8 nitrogen and oxygen atoms in total. The van der Waals surface area contributed by atoms with Crippen LogP contribution in [0.5, 0.6) is 5.75 Å². The van der Waals surface area contributed by atoms with Gasteiger partial charge in [0.1, 0.15) is 22.0 Å². The number of aromatic nitrogens is 4. The summed E-state index contributed by atoms with van der Waals surface area (Å²) in [6.07, 6.45) is 2.90. The van der Waals surface area contributed by atoms with Gasteiger partial charge in [-0.15, -0.1) is 0 Å². The second-order valence-electron chi connectivity index (χ2n) is 6.74. The van der Waals surface area contributed by atoms with E-state index < -0.39 is 15.9 Å². The van der Waals surface area contributed by atoms with Crippen LogP contribution in [0.15, 0.2) is 53.7 Å². The molecule has 0 aliphatic heterocycles. The molecule has 4 aromatic rings. The second-order valence-corrected chi connectivity index (χ2v) is 8.28. The fourth-order valence-corrected chi connectivity index (χ4v) is 4.40. The average Bonchev–Trinajstić information content (AvgIpc) is 3.04. The van der Waals surface area contributed by atoms with Gasteiger partial charge in [-0.25, -0.2) is 4.98 Å². The number of rotatable bonds is 3. The molecule has 0 fully saturated rings. The Morgan fingerprint density at radius 3 is 2.34 bits per heavy atom. The third-order valence-electron chi connectivity index (χ3n) is 4.85. The molecule has 1 aliphatic rings. The van der Waals surface area contributed by atoms with Gasteiger partial charge in [-0.05, 0) is 31.2 Å². The van der Waals surface area contributed by atoms with Gasteiger partial charge in [0.05, 0.1) is 11.1 Å².